The molecule has 26 heavy (non-hydrogen) atoms. The Bertz CT molecular complexity index is 676. The van der Waals surface area contributed by atoms with Crippen LogP contribution in [0.3, 0.4) is 0 Å². The molecule has 2 N–H and O–H groups in total. The Morgan fingerprint density at radius 3 is 2.54 bits per heavy atom. The highest BCUT2D eigenvalue weighted by molar-refractivity contribution is 5.85. The average Bonchev–Trinajstić information content (AvgIpc) is 2.53. The van der Waals surface area contributed by atoms with E-state index in [1.165, 1.54) is 4.90 Å². The van der Waals surface area contributed by atoms with Crippen molar-refractivity contribution >= 4 is 12.0 Å². The second-order valence-corrected chi connectivity index (χ2v) is 7.33. The molecular weight excluding hydrogens is 334 g/mol. The van der Waals surface area contributed by atoms with Crippen molar-refractivity contribution in [2.24, 2.45) is 5.41 Å². The lowest BCUT2D eigenvalue weighted by atomic mass is 9.84. The quantitative estimate of drug-likeness (QED) is 0.565. The second kappa shape index (κ2) is 9.15. The van der Waals surface area contributed by atoms with Gasteiger partial charge in [0.05, 0.1) is 24.9 Å². The number of nitriles is 1. The number of nitrogens with one attached hydrogen (secondary N) is 1. The van der Waals surface area contributed by atoms with Crippen molar-refractivity contribution in [3.63, 3.8) is 0 Å². The van der Waals surface area contributed by atoms with E-state index in [0.717, 1.165) is 10.5 Å². The summed E-state index contributed by atoms with van der Waals surface area (Å²) in [5, 5.41) is 21.3. The van der Waals surface area contributed by atoms with Gasteiger partial charge in [0, 0.05) is 26.8 Å². The van der Waals surface area contributed by atoms with E-state index in [1.54, 1.807) is 32.4 Å². The number of aromatic nitrogens is 1. The number of hydrogen-bond acceptors (Lipinski definition) is 5. The molecule has 0 radical (unpaired) electrons. The summed E-state index contributed by atoms with van der Waals surface area (Å²) in [6.45, 7) is 6.22. The molecule has 0 bridgehead atoms. The van der Waals surface area contributed by atoms with E-state index < -0.39 is 17.6 Å². The summed E-state index contributed by atoms with van der Waals surface area (Å²) in [5.74, 6) is -0.272. The maximum atomic E-state index is 12.6. The molecule has 0 aliphatic heterocycles. The molecule has 0 aliphatic carbocycles. The second-order valence-electron chi connectivity index (χ2n) is 7.33. The number of hydrogen-bond donors (Lipinski definition) is 2. The van der Waals surface area contributed by atoms with E-state index >= 15 is 0 Å². The highest BCUT2D eigenvalue weighted by Gasteiger charge is 2.40. The highest BCUT2D eigenvalue weighted by Crippen LogP contribution is 2.27. The zero-order valence-corrected chi connectivity index (χ0v) is 16.0. The predicted octanol–water partition coefficient (Wildman–Crippen LogP) is 1.68. The third-order valence-electron chi connectivity index (χ3n) is 3.80. The summed E-state index contributed by atoms with van der Waals surface area (Å²) < 4.78 is 0. The van der Waals surface area contributed by atoms with Gasteiger partial charge in [0.2, 0.25) is 5.91 Å². The lowest BCUT2D eigenvalue weighted by Crippen LogP contribution is -2.54. The number of carbonyl (C=O) groups excluding carboxylic acids is 1. The van der Waals surface area contributed by atoms with Gasteiger partial charge in [0.25, 0.3) is 0 Å². The third-order valence-corrected chi connectivity index (χ3v) is 3.80. The van der Waals surface area contributed by atoms with Crippen LogP contribution in [0.2, 0.25) is 0 Å². The van der Waals surface area contributed by atoms with Crippen molar-refractivity contribution in [1.29, 1.82) is 5.26 Å². The van der Waals surface area contributed by atoms with Crippen LogP contribution in [0, 0.1) is 16.7 Å². The van der Waals surface area contributed by atoms with Gasteiger partial charge < -0.3 is 15.3 Å². The molecule has 0 fully saturated rings. The number of carbonyl (C=O) groups is 2. The van der Waals surface area contributed by atoms with Crippen LogP contribution in [0.1, 0.15) is 32.0 Å². The van der Waals surface area contributed by atoms with Crippen molar-refractivity contribution in [3.05, 3.63) is 29.6 Å². The topological polar surface area (TPSA) is 110 Å². The fourth-order valence-electron chi connectivity index (χ4n) is 2.65. The van der Waals surface area contributed by atoms with Gasteiger partial charge in [-0.2, -0.15) is 5.26 Å². The van der Waals surface area contributed by atoms with Gasteiger partial charge in [0.15, 0.2) is 0 Å². The van der Waals surface area contributed by atoms with Crippen LogP contribution < -0.4 is 5.32 Å². The van der Waals surface area contributed by atoms with E-state index in [0.29, 0.717) is 12.2 Å². The van der Waals surface area contributed by atoms with Gasteiger partial charge in [0.1, 0.15) is 6.04 Å². The molecule has 1 rings (SSSR count). The number of pyridine rings is 1. The Hall–Kier alpha value is -2.66. The molecule has 0 spiro atoms. The molecular formula is C18H27N5O3. The van der Waals surface area contributed by atoms with Crippen LogP contribution in [0.15, 0.2) is 18.3 Å². The fraction of sp³-hybridized carbons (Fsp3) is 0.556. The minimum absolute atomic E-state index is 0.00292. The normalized spacial score (nSPS) is 12.2. The van der Waals surface area contributed by atoms with Gasteiger partial charge in [-0.3, -0.25) is 14.7 Å². The predicted molar refractivity (Wildman–Crippen MR) is 97.1 cm³/mol. The Morgan fingerprint density at radius 2 is 2.04 bits per heavy atom. The summed E-state index contributed by atoms with van der Waals surface area (Å²) in [4.78, 5) is 31.3. The number of amides is 2. The molecule has 0 saturated heterocycles. The first-order chi connectivity index (χ1) is 12.1. The van der Waals surface area contributed by atoms with Crippen molar-refractivity contribution in [1.82, 2.24) is 20.1 Å². The van der Waals surface area contributed by atoms with E-state index in [1.807, 2.05) is 26.8 Å². The summed E-state index contributed by atoms with van der Waals surface area (Å²) in [6.07, 6.45) is 0.424. The number of rotatable bonds is 7. The van der Waals surface area contributed by atoms with Crippen LogP contribution in [0.25, 0.3) is 0 Å². The van der Waals surface area contributed by atoms with Gasteiger partial charge >= 0.3 is 6.09 Å². The Kier molecular flexibility index (Phi) is 7.53. The van der Waals surface area contributed by atoms with E-state index in [-0.39, 0.29) is 19.0 Å². The lowest BCUT2D eigenvalue weighted by Gasteiger charge is -2.38. The smallest absolute Gasteiger partial charge is 0.408 e. The fourth-order valence-corrected chi connectivity index (χ4v) is 2.65. The first-order valence-corrected chi connectivity index (χ1v) is 8.30. The standard InChI is InChI=1S/C18H27N5O3/c1-18(2,3)15(16(24)22(4)5)23(17(25)26)12-14-10-13(6-8-21-14)11-20-9-7-19/h6,8,10,15,20H,9,11-12H2,1-5H3,(H,25,26). The number of carboxylic acid groups (broad SMARTS) is 1. The molecule has 1 unspecified atom stereocenters. The van der Waals surface area contributed by atoms with Crippen molar-refractivity contribution < 1.29 is 14.7 Å². The Labute approximate surface area is 154 Å². The molecule has 0 aliphatic rings. The molecule has 8 nitrogen and oxygen atoms in total. The molecule has 1 heterocycles. The first kappa shape index (κ1) is 21.4. The SMILES string of the molecule is CN(C)C(=O)C(N(Cc1cc(CNCC#N)ccn1)C(=O)O)C(C)(C)C. The zero-order valence-electron chi connectivity index (χ0n) is 16.0. The highest BCUT2D eigenvalue weighted by atomic mass is 16.4. The first-order valence-electron chi connectivity index (χ1n) is 8.30. The van der Waals surface area contributed by atoms with E-state index in [9.17, 15) is 14.7 Å². The number of nitrogens with zero attached hydrogens (tertiary/aromatic N) is 4. The van der Waals surface area contributed by atoms with Gasteiger partial charge in [-0.15, -0.1) is 0 Å². The maximum absolute atomic E-state index is 12.6. The molecule has 0 saturated carbocycles. The minimum Gasteiger partial charge on any atom is -0.465 e. The van der Waals surface area contributed by atoms with Crippen LogP contribution in [-0.4, -0.2) is 58.6 Å². The average molecular weight is 361 g/mol. The lowest BCUT2D eigenvalue weighted by molar-refractivity contribution is -0.138. The summed E-state index contributed by atoms with van der Waals surface area (Å²) in [5.41, 5.74) is 0.859. The largest absolute Gasteiger partial charge is 0.465 e. The third kappa shape index (κ3) is 6.01. The monoisotopic (exact) mass is 361 g/mol. The van der Waals surface area contributed by atoms with Crippen LogP contribution in [0.4, 0.5) is 4.79 Å². The molecule has 0 aromatic carbocycles. The molecule has 1 atom stereocenters. The Morgan fingerprint density at radius 1 is 1.38 bits per heavy atom. The summed E-state index contributed by atoms with van der Waals surface area (Å²) in [7, 11) is 3.22. The van der Waals surface area contributed by atoms with Crippen molar-refractivity contribution in [2.45, 2.75) is 39.9 Å². The van der Waals surface area contributed by atoms with E-state index in [4.69, 9.17) is 5.26 Å². The van der Waals surface area contributed by atoms with Crippen LogP contribution >= 0.6 is 0 Å². The molecule has 1 aromatic heterocycles. The number of likely N-dealkylation sites (N-methyl/N-ethyl adjacent to an activating group) is 1. The van der Waals surface area contributed by atoms with E-state index in [2.05, 4.69) is 10.3 Å². The van der Waals surface area contributed by atoms with Crippen LogP contribution in [-0.2, 0) is 17.9 Å². The van der Waals surface area contributed by atoms with Gasteiger partial charge in [-0.1, -0.05) is 20.8 Å². The molecule has 2 amide bonds. The molecule has 142 valence electrons. The minimum atomic E-state index is -1.17. The molecule has 1 aromatic rings. The maximum Gasteiger partial charge on any atom is 0.408 e. The zero-order chi connectivity index (χ0) is 19.9. The van der Waals surface area contributed by atoms with Crippen molar-refractivity contribution in [3.8, 4) is 6.07 Å². The van der Waals surface area contributed by atoms with Crippen LogP contribution in [0.5, 0.6) is 0 Å². The van der Waals surface area contributed by atoms with Crippen molar-refractivity contribution in [2.75, 3.05) is 20.6 Å². The summed E-state index contributed by atoms with van der Waals surface area (Å²) >= 11 is 0. The van der Waals surface area contributed by atoms with Gasteiger partial charge in [-0.25, -0.2) is 4.79 Å². The van der Waals surface area contributed by atoms with Gasteiger partial charge in [-0.05, 0) is 23.1 Å². The molecule has 8 heteroatoms. The summed E-state index contributed by atoms with van der Waals surface area (Å²) in [6, 6.07) is 4.74. The Balaban J connectivity index is 3.10.